The van der Waals surface area contributed by atoms with E-state index in [0.717, 1.165) is 19.5 Å². The van der Waals surface area contributed by atoms with E-state index in [2.05, 4.69) is 0 Å². The second-order valence-corrected chi connectivity index (χ2v) is 6.81. The third-order valence-corrected chi connectivity index (χ3v) is 3.25. The van der Waals surface area contributed by atoms with Crippen molar-refractivity contribution in [3.05, 3.63) is 0 Å². The van der Waals surface area contributed by atoms with Crippen molar-refractivity contribution >= 4 is 22.9 Å². The minimum atomic E-state index is -0.372. The van der Waals surface area contributed by atoms with Gasteiger partial charge in [-0.1, -0.05) is 0 Å². The normalized spacial score (nSPS) is 23.4. The molecule has 0 aromatic heterocycles. The first-order valence-corrected chi connectivity index (χ1v) is 6.52. The van der Waals surface area contributed by atoms with Crippen LogP contribution in [-0.4, -0.2) is 46.5 Å². The molecule has 1 amide bonds. The van der Waals surface area contributed by atoms with E-state index >= 15 is 0 Å². The first-order chi connectivity index (χ1) is 6.38. The summed E-state index contributed by atoms with van der Waals surface area (Å²) in [5.41, 5.74) is -0.372. The van der Waals surface area contributed by atoms with Gasteiger partial charge in [0.2, 0.25) is 0 Å². The summed E-state index contributed by atoms with van der Waals surface area (Å²) in [6.45, 7) is 7.44. The maximum absolute atomic E-state index is 11.7. The summed E-state index contributed by atoms with van der Waals surface area (Å²) in [5, 5.41) is 0. The van der Waals surface area contributed by atoms with Gasteiger partial charge in [-0.15, -0.1) is 0 Å². The number of rotatable bonds is 0. The monoisotopic (exact) mass is 261 g/mol. The van der Waals surface area contributed by atoms with Gasteiger partial charge in [0, 0.05) is 0 Å². The number of hydrogen-bond acceptors (Lipinski definition) is 2. The molecule has 1 saturated heterocycles. The third-order valence-electron chi connectivity index (χ3n) is 2.11. The van der Waals surface area contributed by atoms with Crippen LogP contribution in [0.25, 0.3) is 0 Å². The molecule has 14 heavy (non-hydrogen) atoms. The van der Waals surface area contributed by atoms with Crippen LogP contribution < -0.4 is 0 Å². The Morgan fingerprint density at radius 1 is 1.50 bits per heavy atom. The fraction of sp³-hybridized carbons (Fsp3) is 0.900. The zero-order valence-electron chi connectivity index (χ0n) is 9.25. The Morgan fingerprint density at radius 2 is 2.14 bits per heavy atom. The van der Waals surface area contributed by atoms with E-state index in [-0.39, 0.29) is 11.7 Å². The van der Waals surface area contributed by atoms with Gasteiger partial charge in [0.15, 0.2) is 0 Å². The van der Waals surface area contributed by atoms with Crippen molar-refractivity contribution in [2.75, 3.05) is 13.1 Å². The number of piperidine rings is 1. The predicted octanol–water partition coefficient (Wildman–Crippen LogP) is 1.44. The molecule has 0 saturated carbocycles. The molecule has 1 heterocycles. The van der Waals surface area contributed by atoms with Crippen LogP contribution in [0.1, 0.15) is 33.6 Å². The second kappa shape index (κ2) is 4.57. The molecule has 2 atom stereocenters. The molecule has 82 valence electrons. The molecule has 1 fully saturated rings. The molecule has 1 aliphatic rings. The van der Waals surface area contributed by atoms with Gasteiger partial charge >= 0.3 is 94.4 Å². The van der Waals surface area contributed by atoms with Crippen molar-refractivity contribution in [2.24, 2.45) is 0 Å². The predicted molar refractivity (Wildman–Crippen MR) is 59.3 cm³/mol. The number of hydrogen-bond donors (Lipinski definition) is 0. The number of ether oxygens (including phenoxy) is 1. The first kappa shape index (κ1) is 11.9. The van der Waals surface area contributed by atoms with E-state index in [1.807, 2.05) is 25.7 Å². The summed E-state index contributed by atoms with van der Waals surface area (Å²) in [4.78, 5) is 13.5. The fourth-order valence-corrected chi connectivity index (χ4v) is 2.53. The van der Waals surface area contributed by atoms with Crippen molar-refractivity contribution < 1.29 is 9.53 Å². The molecule has 0 bridgehead atoms. The van der Waals surface area contributed by atoms with Gasteiger partial charge in [-0.2, -0.15) is 0 Å². The first-order valence-electron chi connectivity index (χ1n) is 5.12. The van der Waals surface area contributed by atoms with Crippen molar-refractivity contribution in [2.45, 2.75) is 43.9 Å². The van der Waals surface area contributed by atoms with Gasteiger partial charge in [-0.3, -0.25) is 0 Å². The average Bonchev–Trinajstić information content (AvgIpc) is 2.01. The molecular weight excluding hydrogens is 241 g/mol. The number of nitrogens with zero attached hydrogens (tertiary/aromatic N) is 1. The maximum atomic E-state index is 11.7. The topological polar surface area (TPSA) is 29.5 Å². The summed E-state index contributed by atoms with van der Waals surface area (Å²) in [5.74, 6) is 0. The average molecular weight is 261 g/mol. The van der Waals surface area contributed by atoms with E-state index in [1.54, 1.807) is 16.9 Å². The Morgan fingerprint density at radius 3 is 2.64 bits per heavy atom. The summed E-state index contributed by atoms with van der Waals surface area (Å²) in [6, 6.07) is 0. The van der Waals surface area contributed by atoms with Gasteiger partial charge < -0.3 is 0 Å². The molecule has 0 spiro atoms. The number of carbonyl (C=O) groups excluding carboxylic acids is 1. The van der Waals surface area contributed by atoms with Crippen LogP contribution in [0.2, 0.25) is 4.71 Å². The molecule has 0 aromatic carbocycles. The number of carbonyl (C=O) groups is 1. The third kappa shape index (κ3) is 3.91. The standard InChI is InChI=1S/C10H20AsNO2/c1-10(2,3)14-9(13)12-6-4-5-8(11)7-12/h8H,4-7,11H2,1-3H3. The SMILES string of the molecule is CC(C)(C)OC(=O)N1CCCC([AsH2])C1. The Kier molecular flexibility index (Phi) is 3.88. The van der Waals surface area contributed by atoms with E-state index in [0.29, 0.717) is 4.71 Å². The van der Waals surface area contributed by atoms with E-state index < -0.39 is 0 Å². The van der Waals surface area contributed by atoms with Crippen LogP contribution in [0.3, 0.4) is 0 Å². The molecule has 0 aromatic rings. The quantitative estimate of drug-likeness (QED) is 0.617. The molecule has 1 rings (SSSR count). The molecule has 2 unspecified atom stereocenters. The van der Waals surface area contributed by atoms with Crippen LogP contribution in [0.4, 0.5) is 4.79 Å². The van der Waals surface area contributed by atoms with Crippen LogP contribution >= 0.6 is 0 Å². The number of amides is 1. The molecule has 1 aliphatic heterocycles. The number of likely N-dealkylation sites (tertiary alicyclic amines) is 1. The Bertz CT molecular complexity index is 213. The summed E-state index contributed by atoms with van der Waals surface area (Å²) in [6.07, 6.45) is 2.21. The Balaban J connectivity index is 2.44. The Labute approximate surface area is 94.7 Å². The van der Waals surface area contributed by atoms with Crippen LogP contribution in [0, 0.1) is 0 Å². The van der Waals surface area contributed by atoms with Gasteiger partial charge in [0.1, 0.15) is 0 Å². The van der Waals surface area contributed by atoms with Gasteiger partial charge in [0.05, 0.1) is 0 Å². The summed E-state index contributed by atoms with van der Waals surface area (Å²) < 4.78 is 5.99. The van der Waals surface area contributed by atoms with Crippen LogP contribution in [0.5, 0.6) is 0 Å². The van der Waals surface area contributed by atoms with Crippen LogP contribution in [0.15, 0.2) is 0 Å². The molecule has 0 aliphatic carbocycles. The summed E-state index contributed by atoms with van der Waals surface area (Å²) >= 11 is 1.73. The van der Waals surface area contributed by atoms with Gasteiger partial charge in [0.25, 0.3) is 0 Å². The van der Waals surface area contributed by atoms with Crippen molar-refractivity contribution in [1.82, 2.24) is 4.90 Å². The van der Waals surface area contributed by atoms with E-state index in [4.69, 9.17) is 4.74 Å². The minimum absolute atomic E-state index is 0.153. The van der Waals surface area contributed by atoms with Crippen molar-refractivity contribution in [3.8, 4) is 0 Å². The van der Waals surface area contributed by atoms with Crippen molar-refractivity contribution in [3.63, 3.8) is 0 Å². The fourth-order valence-electron chi connectivity index (χ4n) is 1.50. The zero-order chi connectivity index (χ0) is 10.8. The van der Waals surface area contributed by atoms with Gasteiger partial charge in [-0.25, -0.2) is 0 Å². The van der Waals surface area contributed by atoms with Crippen molar-refractivity contribution in [1.29, 1.82) is 0 Å². The van der Waals surface area contributed by atoms with Gasteiger partial charge in [-0.05, 0) is 0 Å². The molecule has 0 N–H and O–H groups in total. The Hall–Kier alpha value is -0.172. The van der Waals surface area contributed by atoms with Crippen LogP contribution in [-0.2, 0) is 4.74 Å². The zero-order valence-corrected chi connectivity index (χ0v) is 11.7. The molecule has 0 radical (unpaired) electrons. The van der Waals surface area contributed by atoms with E-state index in [1.165, 1.54) is 6.42 Å². The second-order valence-electron chi connectivity index (χ2n) is 4.83. The van der Waals surface area contributed by atoms with E-state index in [9.17, 15) is 4.79 Å². The summed E-state index contributed by atoms with van der Waals surface area (Å²) in [7, 11) is 0. The molecule has 3 nitrogen and oxygen atoms in total. The molecular formula is C10H20AsNO2. The molecule has 4 heteroatoms.